The van der Waals surface area contributed by atoms with E-state index in [1.165, 1.54) is 17.3 Å². The standard InChI is InChI=1S/C4H5NO2S2/c6-9(7)3-1-2-8-4-5-9/h1,3-4H,2H2. The van der Waals surface area contributed by atoms with Gasteiger partial charge in [0.1, 0.15) is 0 Å². The van der Waals surface area contributed by atoms with E-state index < -0.39 is 10.0 Å². The third kappa shape index (κ3) is 2.19. The van der Waals surface area contributed by atoms with E-state index in [1.54, 1.807) is 6.08 Å². The smallest absolute Gasteiger partial charge is 0.200 e. The Hall–Kier alpha value is -0.290. The fraction of sp³-hybridized carbons (Fsp3) is 0.250. The molecule has 0 saturated heterocycles. The molecule has 50 valence electrons. The summed E-state index contributed by atoms with van der Waals surface area (Å²) < 4.78 is 24.4. The van der Waals surface area contributed by atoms with Gasteiger partial charge >= 0.3 is 0 Å². The highest BCUT2D eigenvalue weighted by Crippen LogP contribution is 2.05. The van der Waals surface area contributed by atoms with Crippen molar-refractivity contribution in [3.05, 3.63) is 11.5 Å². The van der Waals surface area contributed by atoms with Crippen molar-refractivity contribution in [3.8, 4) is 0 Å². The fourth-order valence-corrected chi connectivity index (χ4v) is 1.93. The molecule has 0 aromatic rings. The number of hydrogen-bond acceptors (Lipinski definition) is 3. The Morgan fingerprint density at radius 3 is 3.11 bits per heavy atom. The maximum Gasteiger partial charge on any atom is 0.275 e. The van der Waals surface area contributed by atoms with Gasteiger partial charge in [0.05, 0.1) is 5.55 Å². The Labute approximate surface area is 57.9 Å². The van der Waals surface area contributed by atoms with Crippen molar-refractivity contribution in [2.24, 2.45) is 4.40 Å². The Balaban J connectivity index is 2.98. The molecular weight excluding hydrogens is 158 g/mol. The second-order valence-corrected chi connectivity index (χ2v) is 3.82. The maximum atomic E-state index is 10.6. The number of sulfonamides is 1. The molecule has 1 rings (SSSR count). The molecule has 1 heterocycles. The van der Waals surface area contributed by atoms with E-state index in [2.05, 4.69) is 4.40 Å². The summed E-state index contributed by atoms with van der Waals surface area (Å²) in [6.07, 6.45) is 1.58. The molecule has 0 aromatic carbocycles. The van der Waals surface area contributed by atoms with Gasteiger partial charge < -0.3 is 0 Å². The normalized spacial score (nSPS) is 23.6. The molecule has 3 nitrogen and oxygen atoms in total. The molecule has 5 heteroatoms. The van der Waals surface area contributed by atoms with Crippen LogP contribution >= 0.6 is 11.8 Å². The summed E-state index contributed by atoms with van der Waals surface area (Å²) in [6.45, 7) is 0. The minimum absolute atomic E-state index is 0.683. The van der Waals surface area contributed by atoms with Crippen LogP contribution in [-0.2, 0) is 10.0 Å². The first kappa shape index (κ1) is 6.82. The first-order valence-corrected chi connectivity index (χ1v) is 4.83. The van der Waals surface area contributed by atoms with Crippen LogP contribution in [0.5, 0.6) is 0 Å². The maximum absolute atomic E-state index is 10.6. The average molecular weight is 163 g/mol. The van der Waals surface area contributed by atoms with Crippen LogP contribution in [0.25, 0.3) is 0 Å². The molecule has 0 radical (unpaired) electrons. The van der Waals surface area contributed by atoms with Crippen LogP contribution in [-0.4, -0.2) is 19.7 Å². The van der Waals surface area contributed by atoms with Gasteiger partial charge in [-0.3, -0.25) is 0 Å². The van der Waals surface area contributed by atoms with Crippen LogP contribution in [0.3, 0.4) is 0 Å². The summed E-state index contributed by atoms with van der Waals surface area (Å²) in [5.74, 6) is 0.683. The molecular formula is C4H5NO2S2. The molecule has 0 unspecified atom stereocenters. The van der Waals surface area contributed by atoms with Crippen molar-refractivity contribution in [3.63, 3.8) is 0 Å². The lowest BCUT2D eigenvalue weighted by atomic mass is 10.8. The van der Waals surface area contributed by atoms with Crippen molar-refractivity contribution in [1.82, 2.24) is 0 Å². The van der Waals surface area contributed by atoms with Crippen LogP contribution < -0.4 is 0 Å². The molecule has 0 aromatic heterocycles. The average Bonchev–Trinajstić information content (AvgIpc) is 1.92. The van der Waals surface area contributed by atoms with Crippen LogP contribution in [0.1, 0.15) is 0 Å². The lowest BCUT2D eigenvalue weighted by Gasteiger charge is -1.80. The lowest BCUT2D eigenvalue weighted by molar-refractivity contribution is 0.606. The van der Waals surface area contributed by atoms with Gasteiger partial charge in [-0.2, -0.15) is 12.8 Å². The minimum atomic E-state index is -3.25. The molecule has 1 aliphatic heterocycles. The first-order chi connectivity index (χ1) is 4.21. The van der Waals surface area contributed by atoms with E-state index in [9.17, 15) is 8.42 Å². The van der Waals surface area contributed by atoms with E-state index >= 15 is 0 Å². The third-order valence-corrected chi connectivity index (χ3v) is 2.43. The van der Waals surface area contributed by atoms with Gasteiger partial charge in [0.2, 0.25) is 0 Å². The molecule has 0 aliphatic carbocycles. The zero-order valence-corrected chi connectivity index (χ0v) is 6.15. The highest BCUT2D eigenvalue weighted by Gasteiger charge is 2.01. The lowest BCUT2D eigenvalue weighted by Crippen LogP contribution is -1.85. The summed E-state index contributed by atoms with van der Waals surface area (Å²) in [7, 11) is -3.25. The van der Waals surface area contributed by atoms with Crippen molar-refractivity contribution >= 4 is 27.3 Å². The van der Waals surface area contributed by atoms with Crippen LogP contribution in [0.15, 0.2) is 15.9 Å². The Kier molecular flexibility index (Phi) is 1.92. The van der Waals surface area contributed by atoms with Crippen molar-refractivity contribution in [2.45, 2.75) is 0 Å². The van der Waals surface area contributed by atoms with E-state index in [-0.39, 0.29) is 0 Å². The molecule has 9 heavy (non-hydrogen) atoms. The Morgan fingerprint density at radius 1 is 1.56 bits per heavy atom. The fourth-order valence-electron chi connectivity index (χ4n) is 0.385. The second-order valence-electron chi connectivity index (χ2n) is 1.43. The summed E-state index contributed by atoms with van der Waals surface area (Å²) in [5, 5.41) is 1.11. The summed E-state index contributed by atoms with van der Waals surface area (Å²) in [4.78, 5) is 0. The molecule has 0 amide bonds. The largest absolute Gasteiger partial charge is 0.275 e. The van der Waals surface area contributed by atoms with Gasteiger partial charge in [0.15, 0.2) is 0 Å². The highest BCUT2D eigenvalue weighted by atomic mass is 32.2. The van der Waals surface area contributed by atoms with Gasteiger partial charge in [-0.05, 0) is 0 Å². The second kappa shape index (κ2) is 2.53. The van der Waals surface area contributed by atoms with E-state index in [1.807, 2.05) is 0 Å². The monoisotopic (exact) mass is 163 g/mol. The summed E-state index contributed by atoms with van der Waals surface area (Å²) in [5.41, 5.74) is 1.34. The molecule has 0 bridgehead atoms. The third-order valence-electron chi connectivity index (χ3n) is 0.725. The molecule has 0 spiro atoms. The Bertz CT molecular complexity index is 219. The molecule has 0 atom stereocenters. The molecule has 0 fully saturated rings. The highest BCUT2D eigenvalue weighted by molar-refractivity contribution is 8.13. The predicted molar refractivity (Wildman–Crippen MR) is 39.0 cm³/mol. The zero-order valence-electron chi connectivity index (χ0n) is 4.52. The molecule has 0 saturated carbocycles. The van der Waals surface area contributed by atoms with Gasteiger partial charge in [-0.25, -0.2) is 0 Å². The van der Waals surface area contributed by atoms with Crippen molar-refractivity contribution < 1.29 is 8.42 Å². The van der Waals surface area contributed by atoms with Gasteiger partial charge in [-0.15, -0.1) is 11.8 Å². The van der Waals surface area contributed by atoms with Crippen LogP contribution in [0.4, 0.5) is 0 Å². The number of rotatable bonds is 0. The minimum Gasteiger partial charge on any atom is -0.200 e. The van der Waals surface area contributed by atoms with Gasteiger partial charge in [0, 0.05) is 11.2 Å². The topological polar surface area (TPSA) is 46.5 Å². The molecule has 0 N–H and O–H groups in total. The SMILES string of the molecule is O=S1(=O)C=CCSC=N1. The van der Waals surface area contributed by atoms with Crippen LogP contribution in [0, 0.1) is 0 Å². The summed E-state index contributed by atoms with van der Waals surface area (Å²) in [6, 6.07) is 0. The Morgan fingerprint density at radius 2 is 2.33 bits per heavy atom. The van der Waals surface area contributed by atoms with Crippen molar-refractivity contribution in [1.29, 1.82) is 0 Å². The molecule has 1 aliphatic rings. The predicted octanol–water partition coefficient (Wildman–Crippen LogP) is 0.605. The van der Waals surface area contributed by atoms with E-state index in [4.69, 9.17) is 0 Å². The summed E-state index contributed by atoms with van der Waals surface area (Å²) >= 11 is 1.36. The number of thioether (sulfide) groups is 1. The van der Waals surface area contributed by atoms with Gasteiger partial charge in [0.25, 0.3) is 10.0 Å². The van der Waals surface area contributed by atoms with E-state index in [0.717, 1.165) is 5.41 Å². The van der Waals surface area contributed by atoms with E-state index in [0.29, 0.717) is 5.75 Å². The number of hydrogen-bond donors (Lipinski definition) is 0. The van der Waals surface area contributed by atoms with Gasteiger partial charge in [-0.1, -0.05) is 6.08 Å². The quantitative estimate of drug-likeness (QED) is 0.525. The number of nitrogens with zero attached hydrogens (tertiary/aromatic N) is 1. The zero-order chi connectivity index (χ0) is 6.74. The van der Waals surface area contributed by atoms with Crippen molar-refractivity contribution in [2.75, 3.05) is 5.75 Å². The first-order valence-electron chi connectivity index (χ1n) is 2.28. The van der Waals surface area contributed by atoms with Crippen LogP contribution in [0.2, 0.25) is 0 Å².